The molecule has 1 aromatic carbocycles. The first-order chi connectivity index (χ1) is 9.16. The maximum absolute atomic E-state index is 13.3. The minimum atomic E-state index is -0.447. The summed E-state index contributed by atoms with van der Waals surface area (Å²) in [6.07, 6.45) is 2.35. The summed E-state index contributed by atoms with van der Waals surface area (Å²) >= 11 is 3.05. The zero-order chi connectivity index (χ0) is 13.7. The van der Waals surface area contributed by atoms with Gasteiger partial charge in [-0.15, -0.1) is 0 Å². The Kier molecular flexibility index (Phi) is 4.63. The maximum Gasteiger partial charge on any atom is 0.251 e. The van der Waals surface area contributed by atoms with E-state index in [1.165, 1.54) is 12.1 Å². The molecule has 0 radical (unpaired) electrons. The number of nitrogens with zero attached hydrogens (tertiary/aromatic N) is 1. The Balaban J connectivity index is 1.89. The van der Waals surface area contributed by atoms with E-state index in [9.17, 15) is 9.18 Å². The summed E-state index contributed by atoms with van der Waals surface area (Å²) < 4.78 is 13.6. The fourth-order valence-corrected chi connectivity index (χ4v) is 1.84. The Hall–Kier alpha value is -1.75. The number of pyridine rings is 1. The van der Waals surface area contributed by atoms with E-state index in [2.05, 4.69) is 26.2 Å². The number of hydrogen-bond acceptors (Lipinski definition) is 2. The van der Waals surface area contributed by atoms with Crippen molar-refractivity contribution in [3.8, 4) is 0 Å². The van der Waals surface area contributed by atoms with Crippen LogP contribution in [0.2, 0.25) is 0 Å². The summed E-state index contributed by atoms with van der Waals surface area (Å²) in [6, 6.07) is 9.93. The molecule has 0 aliphatic rings. The van der Waals surface area contributed by atoms with Gasteiger partial charge < -0.3 is 5.32 Å². The van der Waals surface area contributed by atoms with Gasteiger partial charge in [0.15, 0.2) is 0 Å². The lowest BCUT2D eigenvalue weighted by Gasteiger charge is -2.05. The zero-order valence-corrected chi connectivity index (χ0v) is 11.7. The third-order valence-electron chi connectivity index (χ3n) is 2.57. The van der Waals surface area contributed by atoms with E-state index < -0.39 is 5.82 Å². The molecule has 98 valence electrons. The highest BCUT2D eigenvalue weighted by Crippen LogP contribution is 2.16. The van der Waals surface area contributed by atoms with Crippen LogP contribution in [-0.2, 0) is 6.42 Å². The highest BCUT2D eigenvalue weighted by Gasteiger charge is 2.08. The second-order valence-electron chi connectivity index (χ2n) is 3.96. The highest BCUT2D eigenvalue weighted by molar-refractivity contribution is 9.10. The van der Waals surface area contributed by atoms with Crippen molar-refractivity contribution in [2.45, 2.75) is 6.42 Å². The van der Waals surface area contributed by atoms with Gasteiger partial charge in [-0.2, -0.15) is 0 Å². The lowest BCUT2D eigenvalue weighted by atomic mass is 10.2. The van der Waals surface area contributed by atoms with E-state index >= 15 is 0 Å². The average molecular weight is 323 g/mol. The van der Waals surface area contributed by atoms with Crippen LogP contribution >= 0.6 is 15.9 Å². The first-order valence-electron chi connectivity index (χ1n) is 5.80. The molecule has 0 aliphatic heterocycles. The molecular formula is C14H12BrFN2O. The van der Waals surface area contributed by atoms with Crippen molar-refractivity contribution >= 4 is 21.8 Å². The van der Waals surface area contributed by atoms with Crippen molar-refractivity contribution in [1.82, 2.24) is 10.3 Å². The molecule has 0 bridgehead atoms. The van der Waals surface area contributed by atoms with E-state index in [4.69, 9.17) is 0 Å². The second-order valence-corrected chi connectivity index (χ2v) is 4.81. The SMILES string of the molecule is O=C(NCCc1ccccn1)c1ccc(Br)c(F)c1. The van der Waals surface area contributed by atoms with Crippen molar-refractivity contribution in [2.75, 3.05) is 6.54 Å². The third kappa shape index (κ3) is 3.86. The molecule has 2 rings (SSSR count). The molecule has 0 fully saturated rings. The number of rotatable bonds is 4. The van der Waals surface area contributed by atoms with E-state index in [0.29, 0.717) is 23.0 Å². The number of carbonyl (C=O) groups excluding carboxylic acids is 1. The van der Waals surface area contributed by atoms with Crippen molar-refractivity contribution in [3.05, 3.63) is 64.1 Å². The number of benzene rings is 1. The number of nitrogens with one attached hydrogen (secondary N) is 1. The molecule has 0 saturated heterocycles. The predicted molar refractivity (Wildman–Crippen MR) is 74.4 cm³/mol. The first-order valence-corrected chi connectivity index (χ1v) is 6.59. The Morgan fingerprint density at radius 1 is 1.32 bits per heavy atom. The molecule has 2 aromatic rings. The molecule has 5 heteroatoms. The molecule has 1 heterocycles. The van der Waals surface area contributed by atoms with Gasteiger partial charge in [0.1, 0.15) is 5.82 Å². The fourth-order valence-electron chi connectivity index (χ4n) is 1.59. The number of amides is 1. The Bertz CT molecular complexity index is 575. The minimum absolute atomic E-state index is 0.290. The first kappa shape index (κ1) is 13.7. The van der Waals surface area contributed by atoms with E-state index in [0.717, 1.165) is 5.69 Å². The number of carbonyl (C=O) groups is 1. The highest BCUT2D eigenvalue weighted by atomic mass is 79.9. The largest absolute Gasteiger partial charge is 0.352 e. The molecule has 0 saturated carbocycles. The van der Waals surface area contributed by atoms with Crippen LogP contribution in [0.4, 0.5) is 4.39 Å². The molecular weight excluding hydrogens is 311 g/mol. The minimum Gasteiger partial charge on any atom is -0.352 e. The Morgan fingerprint density at radius 2 is 2.16 bits per heavy atom. The molecule has 0 atom stereocenters. The molecule has 1 N–H and O–H groups in total. The van der Waals surface area contributed by atoms with Crippen LogP contribution in [0.15, 0.2) is 47.1 Å². The monoisotopic (exact) mass is 322 g/mol. The van der Waals surface area contributed by atoms with Crippen LogP contribution in [0, 0.1) is 5.82 Å². The van der Waals surface area contributed by atoms with E-state index in [1.807, 2.05) is 18.2 Å². The standard InChI is InChI=1S/C14H12BrFN2O/c15-12-5-4-10(9-13(12)16)14(19)18-8-6-11-3-1-2-7-17-11/h1-5,7,9H,6,8H2,(H,18,19). The summed E-state index contributed by atoms with van der Waals surface area (Å²) in [5.74, 6) is -0.736. The van der Waals surface area contributed by atoms with Gasteiger partial charge in [-0.25, -0.2) is 4.39 Å². The fraction of sp³-hybridized carbons (Fsp3) is 0.143. The third-order valence-corrected chi connectivity index (χ3v) is 3.22. The summed E-state index contributed by atoms with van der Waals surface area (Å²) in [5, 5.41) is 2.73. The van der Waals surface area contributed by atoms with Gasteiger partial charge in [-0.05, 0) is 46.3 Å². The number of aromatic nitrogens is 1. The van der Waals surface area contributed by atoms with Crippen molar-refractivity contribution in [2.24, 2.45) is 0 Å². The molecule has 0 unspecified atom stereocenters. The van der Waals surface area contributed by atoms with Gasteiger partial charge in [0.2, 0.25) is 0 Å². The van der Waals surface area contributed by atoms with Gasteiger partial charge in [-0.1, -0.05) is 6.07 Å². The molecule has 3 nitrogen and oxygen atoms in total. The molecule has 0 aliphatic carbocycles. The molecule has 1 aromatic heterocycles. The average Bonchev–Trinajstić information content (AvgIpc) is 2.43. The van der Waals surface area contributed by atoms with Gasteiger partial charge in [0.05, 0.1) is 4.47 Å². The van der Waals surface area contributed by atoms with Gasteiger partial charge >= 0.3 is 0 Å². The van der Waals surface area contributed by atoms with E-state index in [1.54, 1.807) is 12.3 Å². The molecule has 0 spiro atoms. The summed E-state index contributed by atoms with van der Waals surface area (Å²) in [5.41, 5.74) is 1.21. The van der Waals surface area contributed by atoms with Gasteiger partial charge in [0.25, 0.3) is 5.91 Å². The number of hydrogen-bond donors (Lipinski definition) is 1. The van der Waals surface area contributed by atoms with Crippen LogP contribution in [0.5, 0.6) is 0 Å². The smallest absolute Gasteiger partial charge is 0.251 e. The number of halogens is 2. The van der Waals surface area contributed by atoms with Crippen LogP contribution < -0.4 is 5.32 Å². The van der Waals surface area contributed by atoms with Crippen LogP contribution in [0.1, 0.15) is 16.1 Å². The Labute approximate surface area is 119 Å². The molecule has 19 heavy (non-hydrogen) atoms. The van der Waals surface area contributed by atoms with E-state index in [-0.39, 0.29) is 5.91 Å². The topological polar surface area (TPSA) is 42.0 Å². The lowest BCUT2D eigenvalue weighted by molar-refractivity contribution is 0.0953. The predicted octanol–water partition coefficient (Wildman–Crippen LogP) is 2.96. The summed E-state index contributed by atoms with van der Waals surface area (Å²) in [7, 11) is 0. The normalized spacial score (nSPS) is 10.2. The summed E-state index contributed by atoms with van der Waals surface area (Å²) in [6.45, 7) is 0.466. The summed E-state index contributed by atoms with van der Waals surface area (Å²) in [4.78, 5) is 15.9. The van der Waals surface area contributed by atoms with Gasteiger partial charge in [0, 0.05) is 30.4 Å². The zero-order valence-electron chi connectivity index (χ0n) is 10.1. The maximum atomic E-state index is 13.3. The van der Waals surface area contributed by atoms with Crippen molar-refractivity contribution in [3.63, 3.8) is 0 Å². The second kappa shape index (κ2) is 6.43. The van der Waals surface area contributed by atoms with Crippen molar-refractivity contribution < 1.29 is 9.18 Å². The van der Waals surface area contributed by atoms with Crippen LogP contribution in [-0.4, -0.2) is 17.4 Å². The van der Waals surface area contributed by atoms with Crippen LogP contribution in [0.25, 0.3) is 0 Å². The Morgan fingerprint density at radius 3 is 2.84 bits per heavy atom. The van der Waals surface area contributed by atoms with Gasteiger partial charge in [-0.3, -0.25) is 9.78 Å². The quantitative estimate of drug-likeness (QED) is 0.940. The lowest BCUT2D eigenvalue weighted by Crippen LogP contribution is -2.25. The molecule has 1 amide bonds. The van der Waals surface area contributed by atoms with Crippen molar-refractivity contribution in [1.29, 1.82) is 0 Å². The van der Waals surface area contributed by atoms with Crippen LogP contribution in [0.3, 0.4) is 0 Å².